The molecule has 6 heteroatoms. The fourth-order valence-corrected chi connectivity index (χ4v) is 1.53. The van der Waals surface area contributed by atoms with Crippen LogP contribution in [-0.4, -0.2) is 17.5 Å². The van der Waals surface area contributed by atoms with E-state index in [0.29, 0.717) is 12.3 Å². The summed E-state index contributed by atoms with van der Waals surface area (Å²) >= 11 is 0. The van der Waals surface area contributed by atoms with E-state index in [9.17, 15) is 9.18 Å². The summed E-state index contributed by atoms with van der Waals surface area (Å²) in [5.41, 5.74) is 6.53. The Kier molecular flexibility index (Phi) is 4.62. The minimum atomic E-state index is -0.590. The lowest BCUT2D eigenvalue weighted by Gasteiger charge is -2.08. The number of halogens is 1. The van der Waals surface area contributed by atoms with Gasteiger partial charge in [-0.15, -0.1) is 0 Å². The Bertz CT molecular complexity index is 587. The summed E-state index contributed by atoms with van der Waals surface area (Å²) in [7, 11) is 0. The zero-order valence-electron chi connectivity index (χ0n) is 10.7. The van der Waals surface area contributed by atoms with Crippen molar-refractivity contribution in [2.45, 2.75) is 6.54 Å². The molecule has 0 unspecified atom stereocenters. The summed E-state index contributed by atoms with van der Waals surface area (Å²) in [5.74, 6) is -0.487. The Balaban J connectivity index is 1.87. The van der Waals surface area contributed by atoms with Crippen LogP contribution >= 0.6 is 0 Å². The molecular formula is C14H14FN3O2. The van der Waals surface area contributed by atoms with Gasteiger partial charge >= 0.3 is 0 Å². The predicted molar refractivity (Wildman–Crippen MR) is 72.7 cm³/mol. The smallest absolute Gasteiger partial charge is 0.262 e. The Labute approximate surface area is 115 Å². The molecule has 0 spiro atoms. The standard InChI is InChI=1S/C14H14FN3O2/c15-12-8-17-6-5-13(12)18-14(19)9-20-11-3-1-10(7-16)2-4-11/h1-6,8H,7,9,16H2,(H,17,18,19). The Hall–Kier alpha value is -2.47. The number of nitrogens with two attached hydrogens (primary N) is 1. The van der Waals surface area contributed by atoms with Gasteiger partial charge < -0.3 is 15.8 Å². The van der Waals surface area contributed by atoms with Crippen LogP contribution in [0.3, 0.4) is 0 Å². The highest BCUT2D eigenvalue weighted by molar-refractivity contribution is 5.91. The van der Waals surface area contributed by atoms with E-state index in [-0.39, 0.29) is 12.3 Å². The minimum absolute atomic E-state index is 0.0760. The van der Waals surface area contributed by atoms with Gasteiger partial charge in [0.2, 0.25) is 0 Å². The summed E-state index contributed by atoms with van der Waals surface area (Å²) < 4.78 is 18.6. The predicted octanol–water partition coefficient (Wildman–Crippen LogP) is 1.70. The Morgan fingerprint density at radius 2 is 2.05 bits per heavy atom. The monoisotopic (exact) mass is 275 g/mol. The van der Waals surface area contributed by atoms with Crippen molar-refractivity contribution in [3.8, 4) is 5.75 Å². The molecule has 0 aliphatic heterocycles. The molecule has 5 nitrogen and oxygen atoms in total. The van der Waals surface area contributed by atoms with Crippen molar-refractivity contribution in [2.75, 3.05) is 11.9 Å². The molecule has 0 atom stereocenters. The lowest BCUT2D eigenvalue weighted by atomic mass is 10.2. The highest BCUT2D eigenvalue weighted by Gasteiger charge is 2.07. The summed E-state index contributed by atoms with van der Waals surface area (Å²) in [6.07, 6.45) is 2.42. The largest absolute Gasteiger partial charge is 0.484 e. The molecule has 0 saturated carbocycles. The molecule has 20 heavy (non-hydrogen) atoms. The van der Waals surface area contributed by atoms with Crippen molar-refractivity contribution in [2.24, 2.45) is 5.73 Å². The lowest BCUT2D eigenvalue weighted by molar-refractivity contribution is -0.118. The molecule has 0 bridgehead atoms. The lowest BCUT2D eigenvalue weighted by Crippen LogP contribution is -2.20. The molecule has 0 aliphatic carbocycles. The van der Waals surface area contributed by atoms with Gasteiger partial charge in [-0.05, 0) is 23.8 Å². The number of nitrogens with zero attached hydrogens (tertiary/aromatic N) is 1. The number of hydrogen-bond donors (Lipinski definition) is 2. The maximum Gasteiger partial charge on any atom is 0.262 e. The normalized spacial score (nSPS) is 10.1. The van der Waals surface area contributed by atoms with E-state index >= 15 is 0 Å². The van der Waals surface area contributed by atoms with Crippen LogP contribution in [0, 0.1) is 5.82 Å². The van der Waals surface area contributed by atoms with Crippen LogP contribution in [0.15, 0.2) is 42.7 Å². The number of carbonyl (C=O) groups excluding carboxylic acids is 1. The molecule has 1 aromatic heterocycles. The van der Waals surface area contributed by atoms with Crippen LogP contribution in [0.5, 0.6) is 5.75 Å². The van der Waals surface area contributed by atoms with Crippen molar-refractivity contribution in [1.82, 2.24) is 4.98 Å². The first kappa shape index (κ1) is 14.0. The van der Waals surface area contributed by atoms with Gasteiger partial charge in [0.05, 0.1) is 11.9 Å². The Morgan fingerprint density at radius 1 is 1.30 bits per heavy atom. The average Bonchev–Trinajstić information content (AvgIpc) is 2.48. The van der Waals surface area contributed by atoms with Crippen molar-refractivity contribution in [1.29, 1.82) is 0 Å². The molecule has 2 aromatic rings. The molecule has 1 amide bonds. The highest BCUT2D eigenvalue weighted by Crippen LogP contribution is 2.13. The van der Waals surface area contributed by atoms with E-state index in [1.54, 1.807) is 12.1 Å². The molecule has 3 N–H and O–H groups in total. The van der Waals surface area contributed by atoms with Gasteiger partial charge in [-0.2, -0.15) is 0 Å². The second kappa shape index (κ2) is 6.63. The summed E-state index contributed by atoms with van der Waals surface area (Å²) in [6, 6.07) is 8.46. The molecule has 1 heterocycles. The number of aromatic nitrogens is 1. The molecule has 1 aromatic carbocycles. The van der Waals surface area contributed by atoms with Crippen LogP contribution < -0.4 is 15.8 Å². The van der Waals surface area contributed by atoms with Crippen LogP contribution in [0.1, 0.15) is 5.56 Å². The first-order chi connectivity index (χ1) is 9.69. The molecule has 0 fully saturated rings. The topological polar surface area (TPSA) is 77.2 Å². The number of rotatable bonds is 5. The van der Waals surface area contributed by atoms with Crippen molar-refractivity contribution >= 4 is 11.6 Å². The number of pyridine rings is 1. The minimum Gasteiger partial charge on any atom is -0.484 e. The summed E-state index contributed by atoms with van der Waals surface area (Å²) in [4.78, 5) is 15.2. The quantitative estimate of drug-likeness (QED) is 0.870. The van der Waals surface area contributed by atoms with Crippen molar-refractivity contribution in [3.05, 3.63) is 54.1 Å². The van der Waals surface area contributed by atoms with Gasteiger partial charge in [0.1, 0.15) is 5.75 Å². The number of anilines is 1. The third-order valence-electron chi connectivity index (χ3n) is 2.58. The first-order valence-corrected chi connectivity index (χ1v) is 6.00. The van der Waals surface area contributed by atoms with Crippen LogP contribution in [0.2, 0.25) is 0 Å². The maximum atomic E-state index is 13.3. The number of carbonyl (C=O) groups is 1. The van der Waals surface area contributed by atoms with Gasteiger partial charge in [0.25, 0.3) is 5.91 Å². The number of ether oxygens (including phenoxy) is 1. The molecule has 104 valence electrons. The van der Waals surface area contributed by atoms with E-state index in [2.05, 4.69) is 10.3 Å². The molecule has 0 aliphatic rings. The van der Waals surface area contributed by atoms with Gasteiger partial charge in [0, 0.05) is 12.7 Å². The fraction of sp³-hybridized carbons (Fsp3) is 0.143. The number of hydrogen-bond acceptors (Lipinski definition) is 4. The first-order valence-electron chi connectivity index (χ1n) is 6.00. The zero-order chi connectivity index (χ0) is 14.4. The van der Waals surface area contributed by atoms with Gasteiger partial charge in [0.15, 0.2) is 12.4 Å². The van der Waals surface area contributed by atoms with Gasteiger partial charge in [-0.1, -0.05) is 12.1 Å². The van der Waals surface area contributed by atoms with Crippen LogP contribution in [0.25, 0.3) is 0 Å². The Morgan fingerprint density at radius 3 is 2.70 bits per heavy atom. The van der Waals surface area contributed by atoms with E-state index in [4.69, 9.17) is 10.5 Å². The molecule has 2 rings (SSSR count). The number of nitrogens with one attached hydrogen (secondary N) is 1. The van der Waals surface area contributed by atoms with Crippen LogP contribution in [0.4, 0.5) is 10.1 Å². The highest BCUT2D eigenvalue weighted by atomic mass is 19.1. The van der Waals surface area contributed by atoms with Crippen molar-refractivity contribution < 1.29 is 13.9 Å². The second-order valence-electron chi connectivity index (χ2n) is 4.04. The summed E-state index contributed by atoms with van der Waals surface area (Å²) in [5, 5.41) is 2.40. The third kappa shape index (κ3) is 3.76. The second-order valence-corrected chi connectivity index (χ2v) is 4.04. The number of amides is 1. The molecule has 0 saturated heterocycles. The molecule has 0 radical (unpaired) electrons. The van der Waals surface area contributed by atoms with Gasteiger partial charge in [-0.3, -0.25) is 9.78 Å². The van der Waals surface area contributed by atoms with E-state index in [1.165, 1.54) is 12.3 Å². The van der Waals surface area contributed by atoms with E-state index in [1.807, 2.05) is 12.1 Å². The van der Waals surface area contributed by atoms with Crippen LogP contribution in [-0.2, 0) is 11.3 Å². The average molecular weight is 275 g/mol. The van der Waals surface area contributed by atoms with Gasteiger partial charge in [-0.25, -0.2) is 4.39 Å². The SMILES string of the molecule is NCc1ccc(OCC(=O)Nc2ccncc2F)cc1. The zero-order valence-corrected chi connectivity index (χ0v) is 10.7. The van der Waals surface area contributed by atoms with Crippen molar-refractivity contribution in [3.63, 3.8) is 0 Å². The van der Waals surface area contributed by atoms with E-state index in [0.717, 1.165) is 11.8 Å². The third-order valence-corrected chi connectivity index (χ3v) is 2.58. The number of benzene rings is 1. The summed E-state index contributed by atoms with van der Waals surface area (Å²) in [6.45, 7) is 0.242. The van der Waals surface area contributed by atoms with E-state index < -0.39 is 11.7 Å². The maximum absolute atomic E-state index is 13.3. The fourth-order valence-electron chi connectivity index (χ4n) is 1.53. The molecular weight excluding hydrogens is 261 g/mol.